The van der Waals surface area contributed by atoms with E-state index in [-0.39, 0.29) is 5.75 Å². The lowest BCUT2D eigenvalue weighted by atomic mass is 10.3. The van der Waals surface area contributed by atoms with Crippen LogP contribution >= 0.6 is 11.8 Å². The standard InChI is InChI=1S/C10H15NO7S/c1-5(12)11-6(9(15)16)4-19-7(3-8(13)14)10(17)18-2/h6-7H,3-4H2,1-2H3,(H,11,12)(H,13,14)(H,15,16)/t6-,7?/m0/s1. The lowest BCUT2D eigenvalue weighted by Crippen LogP contribution is -2.42. The summed E-state index contributed by atoms with van der Waals surface area (Å²) in [5.41, 5.74) is 0. The number of carbonyl (C=O) groups excluding carboxylic acids is 2. The third-order valence-corrected chi connectivity index (χ3v) is 3.25. The monoisotopic (exact) mass is 293 g/mol. The molecule has 0 saturated heterocycles. The van der Waals surface area contributed by atoms with E-state index in [9.17, 15) is 19.2 Å². The normalized spacial score (nSPS) is 13.2. The van der Waals surface area contributed by atoms with Gasteiger partial charge in [0.2, 0.25) is 5.91 Å². The minimum Gasteiger partial charge on any atom is -0.481 e. The van der Waals surface area contributed by atoms with Crippen LogP contribution in [0.3, 0.4) is 0 Å². The van der Waals surface area contributed by atoms with Crippen LogP contribution in [0, 0.1) is 0 Å². The Morgan fingerprint density at radius 2 is 1.84 bits per heavy atom. The molecule has 0 aromatic rings. The zero-order chi connectivity index (χ0) is 15.0. The van der Waals surface area contributed by atoms with Crippen LogP contribution in [0.15, 0.2) is 0 Å². The molecule has 0 spiro atoms. The molecule has 3 N–H and O–H groups in total. The molecule has 0 rings (SSSR count). The van der Waals surface area contributed by atoms with Gasteiger partial charge in [-0.05, 0) is 0 Å². The van der Waals surface area contributed by atoms with E-state index in [1.165, 1.54) is 0 Å². The summed E-state index contributed by atoms with van der Waals surface area (Å²) in [5, 5.41) is 18.7. The molecule has 9 heteroatoms. The summed E-state index contributed by atoms with van der Waals surface area (Å²) in [5.74, 6) is -3.88. The third kappa shape index (κ3) is 7.29. The molecule has 0 heterocycles. The van der Waals surface area contributed by atoms with Gasteiger partial charge >= 0.3 is 17.9 Å². The average molecular weight is 293 g/mol. The summed E-state index contributed by atoms with van der Waals surface area (Å²) >= 11 is 0.810. The molecular weight excluding hydrogens is 278 g/mol. The number of methoxy groups -OCH3 is 1. The summed E-state index contributed by atoms with van der Waals surface area (Å²) in [6.07, 6.45) is -0.482. The van der Waals surface area contributed by atoms with Crippen LogP contribution < -0.4 is 5.32 Å². The molecule has 2 atom stereocenters. The van der Waals surface area contributed by atoms with Crippen LogP contribution in [0.5, 0.6) is 0 Å². The van der Waals surface area contributed by atoms with E-state index >= 15 is 0 Å². The fourth-order valence-electron chi connectivity index (χ4n) is 1.13. The van der Waals surface area contributed by atoms with Crippen LogP contribution in [-0.2, 0) is 23.9 Å². The highest BCUT2D eigenvalue weighted by Crippen LogP contribution is 2.17. The SMILES string of the molecule is COC(=O)C(CC(=O)O)SC[C@H](NC(C)=O)C(=O)O. The fourth-order valence-corrected chi connectivity index (χ4v) is 2.28. The molecule has 19 heavy (non-hydrogen) atoms. The van der Waals surface area contributed by atoms with Crippen LogP contribution in [0.25, 0.3) is 0 Å². The predicted molar refractivity (Wildman–Crippen MR) is 65.8 cm³/mol. The van der Waals surface area contributed by atoms with E-state index in [2.05, 4.69) is 10.1 Å². The lowest BCUT2D eigenvalue weighted by Gasteiger charge is -2.16. The molecule has 1 unspecified atom stereocenters. The molecule has 0 aromatic heterocycles. The van der Waals surface area contributed by atoms with Crippen molar-refractivity contribution in [2.24, 2.45) is 0 Å². The molecule has 0 aliphatic carbocycles. The van der Waals surface area contributed by atoms with E-state index in [4.69, 9.17) is 10.2 Å². The summed E-state index contributed by atoms with van der Waals surface area (Å²) in [6, 6.07) is -1.19. The lowest BCUT2D eigenvalue weighted by molar-refractivity contribution is -0.145. The highest BCUT2D eigenvalue weighted by Gasteiger charge is 2.27. The minimum absolute atomic E-state index is 0.137. The highest BCUT2D eigenvalue weighted by atomic mass is 32.2. The topological polar surface area (TPSA) is 130 Å². The summed E-state index contributed by atoms with van der Waals surface area (Å²) in [6.45, 7) is 1.16. The van der Waals surface area contributed by atoms with Crippen molar-refractivity contribution in [3.05, 3.63) is 0 Å². The van der Waals surface area contributed by atoms with E-state index in [1.54, 1.807) is 0 Å². The maximum absolute atomic E-state index is 11.3. The van der Waals surface area contributed by atoms with Gasteiger partial charge in [0.25, 0.3) is 0 Å². The highest BCUT2D eigenvalue weighted by molar-refractivity contribution is 8.00. The van der Waals surface area contributed by atoms with Crippen molar-refractivity contribution in [2.45, 2.75) is 24.6 Å². The number of esters is 1. The van der Waals surface area contributed by atoms with Gasteiger partial charge in [-0.1, -0.05) is 0 Å². The number of hydrogen-bond acceptors (Lipinski definition) is 6. The molecule has 0 fully saturated rings. The van der Waals surface area contributed by atoms with Crippen molar-refractivity contribution < 1.29 is 34.1 Å². The van der Waals surface area contributed by atoms with Crippen LogP contribution in [0.2, 0.25) is 0 Å². The largest absolute Gasteiger partial charge is 0.481 e. The minimum atomic E-state index is -1.26. The van der Waals surface area contributed by atoms with Crippen LogP contribution in [0.4, 0.5) is 0 Å². The van der Waals surface area contributed by atoms with Gasteiger partial charge in [-0.25, -0.2) is 4.79 Å². The first-order chi connectivity index (χ1) is 8.77. The molecule has 8 nitrogen and oxygen atoms in total. The van der Waals surface area contributed by atoms with Gasteiger partial charge in [0.05, 0.1) is 13.5 Å². The first kappa shape index (κ1) is 17.2. The van der Waals surface area contributed by atoms with Crippen molar-refractivity contribution in [1.29, 1.82) is 0 Å². The smallest absolute Gasteiger partial charge is 0.327 e. The molecular formula is C10H15NO7S. The van der Waals surface area contributed by atoms with Crippen LogP contribution in [0.1, 0.15) is 13.3 Å². The quantitative estimate of drug-likeness (QED) is 0.502. The number of carboxylic acids is 2. The molecule has 0 aliphatic rings. The van der Waals surface area contributed by atoms with Gasteiger partial charge in [-0.2, -0.15) is 0 Å². The number of rotatable bonds is 8. The molecule has 0 saturated carbocycles. The number of hydrogen-bond donors (Lipinski definition) is 3. The number of amides is 1. The number of carbonyl (C=O) groups is 4. The predicted octanol–water partition coefficient (Wildman–Crippen LogP) is -0.675. The van der Waals surface area contributed by atoms with Crippen molar-refractivity contribution >= 4 is 35.6 Å². The van der Waals surface area contributed by atoms with E-state index < -0.39 is 41.5 Å². The zero-order valence-corrected chi connectivity index (χ0v) is 11.2. The van der Waals surface area contributed by atoms with Crippen molar-refractivity contribution in [2.75, 3.05) is 12.9 Å². The van der Waals surface area contributed by atoms with Gasteiger partial charge in [0.15, 0.2) is 0 Å². The summed E-state index contributed by atoms with van der Waals surface area (Å²) < 4.78 is 4.43. The first-order valence-electron chi connectivity index (χ1n) is 5.19. The Bertz CT molecular complexity index is 371. The van der Waals surface area contributed by atoms with Crippen molar-refractivity contribution in [3.63, 3.8) is 0 Å². The first-order valence-corrected chi connectivity index (χ1v) is 6.24. The Morgan fingerprint density at radius 1 is 1.26 bits per heavy atom. The van der Waals surface area contributed by atoms with E-state index in [0.29, 0.717) is 0 Å². The zero-order valence-electron chi connectivity index (χ0n) is 10.4. The Labute approximate surface area is 113 Å². The van der Waals surface area contributed by atoms with Crippen molar-refractivity contribution in [1.82, 2.24) is 5.32 Å². The maximum Gasteiger partial charge on any atom is 0.327 e. The van der Waals surface area contributed by atoms with E-state index in [0.717, 1.165) is 25.8 Å². The van der Waals surface area contributed by atoms with Gasteiger partial charge in [0, 0.05) is 12.7 Å². The van der Waals surface area contributed by atoms with Gasteiger partial charge < -0.3 is 20.3 Å². The molecule has 1 amide bonds. The Hall–Kier alpha value is -1.77. The van der Waals surface area contributed by atoms with E-state index in [1.807, 2.05) is 0 Å². The maximum atomic E-state index is 11.3. The molecule has 0 aromatic carbocycles. The van der Waals surface area contributed by atoms with Crippen molar-refractivity contribution in [3.8, 4) is 0 Å². The summed E-state index contributed by atoms with van der Waals surface area (Å²) in [4.78, 5) is 43.5. The summed E-state index contributed by atoms with van der Waals surface area (Å²) in [7, 11) is 1.11. The van der Waals surface area contributed by atoms with Gasteiger partial charge in [-0.3, -0.25) is 14.4 Å². The average Bonchev–Trinajstić information content (AvgIpc) is 2.30. The van der Waals surface area contributed by atoms with Gasteiger partial charge in [-0.15, -0.1) is 11.8 Å². The Morgan fingerprint density at radius 3 is 2.21 bits per heavy atom. The number of carboxylic acid groups (broad SMARTS) is 2. The fraction of sp³-hybridized carbons (Fsp3) is 0.600. The number of nitrogens with one attached hydrogen (secondary N) is 1. The second kappa shape index (κ2) is 8.35. The Kier molecular flexibility index (Phi) is 7.57. The second-order valence-corrected chi connectivity index (χ2v) is 4.77. The number of aliphatic carboxylic acids is 2. The van der Waals surface area contributed by atoms with Crippen LogP contribution in [-0.4, -0.2) is 58.2 Å². The molecule has 0 bridgehead atoms. The molecule has 0 aliphatic heterocycles. The third-order valence-electron chi connectivity index (χ3n) is 1.96. The second-order valence-electron chi connectivity index (χ2n) is 3.53. The molecule has 108 valence electrons. The number of ether oxygens (including phenoxy) is 1. The number of thioether (sulfide) groups is 1. The molecule has 0 radical (unpaired) electrons. The van der Waals surface area contributed by atoms with Gasteiger partial charge in [0.1, 0.15) is 11.3 Å². The Balaban J connectivity index is 4.57.